The molecule has 0 saturated heterocycles. The van der Waals surface area contributed by atoms with E-state index in [-0.39, 0.29) is 12.1 Å². The standard InChI is InChI=1S/C24H22N2/c1-3-10-18(11-4-1)22-23(19-12-5-2-6-13-19)26-24(25-22)21-16-15-17-9-7-8-14-20(17)21/h1-14,21-23H,15-16H2,(H,25,26)/t21?,22-,23-/m1/s1. The number of aliphatic imine (C=N–C) groups is 1. The van der Waals surface area contributed by atoms with Crippen LogP contribution in [0.5, 0.6) is 0 Å². The number of nitrogens with zero attached hydrogens (tertiary/aromatic N) is 1. The van der Waals surface area contributed by atoms with E-state index in [2.05, 4.69) is 90.2 Å². The summed E-state index contributed by atoms with van der Waals surface area (Å²) >= 11 is 0. The largest absolute Gasteiger partial charge is 0.364 e. The van der Waals surface area contributed by atoms with Gasteiger partial charge in [0, 0.05) is 5.92 Å². The third-order valence-corrected chi connectivity index (χ3v) is 5.66. The van der Waals surface area contributed by atoms with Crippen LogP contribution in [0.2, 0.25) is 0 Å². The number of rotatable bonds is 3. The summed E-state index contributed by atoms with van der Waals surface area (Å²) in [5.74, 6) is 1.55. The van der Waals surface area contributed by atoms with E-state index in [0.717, 1.165) is 18.7 Å². The molecule has 3 aromatic rings. The van der Waals surface area contributed by atoms with Crippen LogP contribution in [-0.4, -0.2) is 5.84 Å². The molecule has 0 spiro atoms. The Hall–Kier alpha value is -2.87. The van der Waals surface area contributed by atoms with Crippen molar-refractivity contribution in [1.82, 2.24) is 5.32 Å². The number of hydrogen-bond donors (Lipinski definition) is 1. The van der Waals surface area contributed by atoms with Gasteiger partial charge in [-0.1, -0.05) is 84.9 Å². The highest BCUT2D eigenvalue weighted by molar-refractivity contribution is 5.92. The molecule has 1 aliphatic heterocycles. The van der Waals surface area contributed by atoms with Gasteiger partial charge >= 0.3 is 0 Å². The summed E-state index contributed by atoms with van der Waals surface area (Å²) in [7, 11) is 0. The summed E-state index contributed by atoms with van der Waals surface area (Å²) < 4.78 is 0. The summed E-state index contributed by atoms with van der Waals surface area (Å²) in [4.78, 5) is 5.20. The van der Waals surface area contributed by atoms with E-state index in [1.807, 2.05) is 0 Å². The fourth-order valence-corrected chi connectivity index (χ4v) is 4.37. The third-order valence-electron chi connectivity index (χ3n) is 5.66. The fraction of sp³-hybridized carbons (Fsp3) is 0.208. The van der Waals surface area contributed by atoms with Crippen molar-refractivity contribution < 1.29 is 0 Å². The van der Waals surface area contributed by atoms with E-state index < -0.39 is 0 Å². The van der Waals surface area contributed by atoms with Crippen molar-refractivity contribution in [2.45, 2.75) is 30.8 Å². The Balaban J connectivity index is 1.54. The molecule has 3 aromatic carbocycles. The van der Waals surface area contributed by atoms with Crippen molar-refractivity contribution in [3.8, 4) is 0 Å². The highest BCUT2D eigenvalue weighted by atomic mass is 15.1. The van der Waals surface area contributed by atoms with Gasteiger partial charge in [0.2, 0.25) is 0 Å². The van der Waals surface area contributed by atoms with Crippen molar-refractivity contribution in [3.05, 3.63) is 107 Å². The lowest BCUT2D eigenvalue weighted by atomic mass is 9.95. The molecule has 1 N–H and O–H groups in total. The van der Waals surface area contributed by atoms with E-state index in [1.165, 1.54) is 22.3 Å². The number of nitrogens with one attached hydrogen (secondary N) is 1. The quantitative estimate of drug-likeness (QED) is 0.697. The molecule has 2 aliphatic rings. The van der Waals surface area contributed by atoms with E-state index >= 15 is 0 Å². The van der Waals surface area contributed by atoms with Gasteiger partial charge in [-0.15, -0.1) is 0 Å². The minimum Gasteiger partial charge on any atom is -0.364 e. The molecule has 0 amide bonds. The second-order valence-electron chi connectivity index (χ2n) is 7.19. The van der Waals surface area contributed by atoms with Crippen LogP contribution in [-0.2, 0) is 6.42 Å². The molecular formula is C24H22N2. The van der Waals surface area contributed by atoms with Gasteiger partial charge in [-0.2, -0.15) is 0 Å². The maximum Gasteiger partial charge on any atom is 0.105 e. The molecule has 5 rings (SSSR count). The monoisotopic (exact) mass is 338 g/mol. The lowest BCUT2D eigenvalue weighted by Gasteiger charge is -2.20. The lowest BCUT2D eigenvalue weighted by molar-refractivity contribution is 0.570. The first-order valence-corrected chi connectivity index (χ1v) is 9.42. The maximum absolute atomic E-state index is 5.20. The van der Waals surface area contributed by atoms with Crippen molar-refractivity contribution in [1.29, 1.82) is 0 Å². The number of benzene rings is 3. The van der Waals surface area contributed by atoms with Crippen LogP contribution < -0.4 is 5.32 Å². The zero-order valence-electron chi connectivity index (χ0n) is 14.7. The van der Waals surface area contributed by atoms with Crippen molar-refractivity contribution in [2.24, 2.45) is 4.99 Å². The molecule has 0 fully saturated rings. The highest BCUT2D eigenvalue weighted by Crippen LogP contribution is 2.41. The number of fused-ring (bicyclic) bond motifs is 1. The minimum atomic E-state index is 0.126. The predicted molar refractivity (Wildman–Crippen MR) is 106 cm³/mol. The molecule has 2 nitrogen and oxygen atoms in total. The Morgan fingerprint density at radius 1 is 0.731 bits per heavy atom. The molecule has 128 valence electrons. The van der Waals surface area contributed by atoms with Gasteiger partial charge in [0.25, 0.3) is 0 Å². The summed E-state index contributed by atoms with van der Waals surface area (Å²) in [5.41, 5.74) is 5.49. The predicted octanol–water partition coefficient (Wildman–Crippen LogP) is 5.20. The fourth-order valence-electron chi connectivity index (χ4n) is 4.37. The van der Waals surface area contributed by atoms with Crippen LogP contribution in [0, 0.1) is 0 Å². The summed E-state index contributed by atoms with van der Waals surface area (Å²) in [6.45, 7) is 0. The van der Waals surface area contributed by atoms with Gasteiger partial charge in [0.15, 0.2) is 0 Å². The van der Waals surface area contributed by atoms with Crippen LogP contribution in [0.3, 0.4) is 0 Å². The molecule has 0 radical (unpaired) electrons. The summed E-state index contributed by atoms with van der Waals surface area (Å²) in [6, 6.07) is 30.5. The van der Waals surface area contributed by atoms with Crippen molar-refractivity contribution in [3.63, 3.8) is 0 Å². The van der Waals surface area contributed by atoms with E-state index in [0.29, 0.717) is 5.92 Å². The topological polar surface area (TPSA) is 24.4 Å². The van der Waals surface area contributed by atoms with Crippen LogP contribution in [0.25, 0.3) is 0 Å². The average molecular weight is 338 g/mol. The first-order valence-electron chi connectivity index (χ1n) is 9.42. The van der Waals surface area contributed by atoms with Gasteiger partial charge in [-0.05, 0) is 35.1 Å². The van der Waals surface area contributed by atoms with E-state index in [1.54, 1.807) is 0 Å². The minimum absolute atomic E-state index is 0.126. The zero-order chi connectivity index (χ0) is 17.3. The first-order chi connectivity index (χ1) is 12.9. The Kier molecular flexibility index (Phi) is 3.82. The average Bonchev–Trinajstić information content (AvgIpc) is 3.34. The van der Waals surface area contributed by atoms with Crippen LogP contribution in [0.4, 0.5) is 0 Å². The summed E-state index contributed by atoms with van der Waals surface area (Å²) in [5, 5.41) is 3.79. The zero-order valence-corrected chi connectivity index (χ0v) is 14.7. The van der Waals surface area contributed by atoms with Gasteiger partial charge in [0.05, 0.1) is 6.04 Å². The highest BCUT2D eigenvalue weighted by Gasteiger charge is 2.36. The van der Waals surface area contributed by atoms with Crippen LogP contribution in [0.1, 0.15) is 46.7 Å². The lowest BCUT2D eigenvalue weighted by Crippen LogP contribution is -2.28. The van der Waals surface area contributed by atoms with E-state index in [4.69, 9.17) is 4.99 Å². The smallest absolute Gasteiger partial charge is 0.105 e. The SMILES string of the molecule is c1ccc([C@H]2N=C(C3CCc4ccccc43)N[C@@H]2c2ccccc2)cc1. The number of aryl methyl sites for hydroxylation is 1. The second kappa shape index (κ2) is 6.45. The van der Waals surface area contributed by atoms with Crippen molar-refractivity contribution in [2.75, 3.05) is 0 Å². The van der Waals surface area contributed by atoms with Gasteiger partial charge in [0.1, 0.15) is 11.9 Å². The number of amidine groups is 1. The summed E-state index contributed by atoms with van der Waals surface area (Å²) in [6.07, 6.45) is 2.29. The Labute approximate surface area is 154 Å². The Morgan fingerprint density at radius 2 is 1.38 bits per heavy atom. The van der Waals surface area contributed by atoms with Crippen LogP contribution in [0.15, 0.2) is 89.9 Å². The van der Waals surface area contributed by atoms with Gasteiger partial charge in [-0.25, -0.2) is 0 Å². The first kappa shape index (κ1) is 15.4. The maximum atomic E-state index is 5.20. The molecule has 3 atom stereocenters. The Bertz CT molecular complexity index is 931. The molecule has 0 saturated carbocycles. The second-order valence-corrected chi connectivity index (χ2v) is 7.19. The van der Waals surface area contributed by atoms with Crippen molar-refractivity contribution >= 4 is 5.84 Å². The molecule has 0 aromatic heterocycles. The van der Waals surface area contributed by atoms with E-state index in [9.17, 15) is 0 Å². The molecular weight excluding hydrogens is 316 g/mol. The molecule has 1 heterocycles. The number of hydrogen-bond acceptors (Lipinski definition) is 2. The molecule has 26 heavy (non-hydrogen) atoms. The normalized spacial score (nSPS) is 24.0. The van der Waals surface area contributed by atoms with Gasteiger partial charge < -0.3 is 5.32 Å². The van der Waals surface area contributed by atoms with Gasteiger partial charge in [-0.3, -0.25) is 4.99 Å². The molecule has 1 unspecified atom stereocenters. The van der Waals surface area contributed by atoms with Crippen LogP contribution >= 0.6 is 0 Å². The molecule has 2 heteroatoms. The third kappa shape index (κ3) is 2.62. The Morgan fingerprint density at radius 3 is 2.15 bits per heavy atom. The molecule has 0 bridgehead atoms. The molecule has 1 aliphatic carbocycles.